The number of rotatable bonds is 1. The summed E-state index contributed by atoms with van der Waals surface area (Å²) < 4.78 is 39.2. The number of halogens is 3. The van der Waals surface area contributed by atoms with Gasteiger partial charge in [0.1, 0.15) is 6.33 Å². The molecule has 0 aliphatic heterocycles. The SMILES string of the molecule is [C-]#[N+]c1cn2cnnc2c(-c2ccc(C(F)(F)F)cc2)n1. The lowest BCUT2D eigenvalue weighted by molar-refractivity contribution is -0.137. The molecule has 0 amide bonds. The van der Waals surface area contributed by atoms with E-state index in [0.717, 1.165) is 12.1 Å². The van der Waals surface area contributed by atoms with Crippen molar-refractivity contribution in [2.45, 2.75) is 6.18 Å². The monoisotopic (exact) mass is 289 g/mol. The quantitative estimate of drug-likeness (QED) is 0.645. The maximum absolute atomic E-state index is 12.6. The lowest BCUT2D eigenvalue weighted by Gasteiger charge is -2.06. The Kier molecular flexibility index (Phi) is 2.83. The molecule has 3 rings (SSSR count). The van der Waals surface area contributed by atoms with Crippen LogP contribution in [0.25, 0.3) is 21.7 Å². The number of alkyl halides is 3. The second-order valence-corrected chi connectivity index (χ2v) is 4.20. The molecule has 0 spiro atoms. The van der Waals surface area contributed by atoms with Gasteiger partial charge >= 0.3 is 6.18 Å². The Morgan fingerprint density at radius 3 is 2.48 bits per heavy atom. The minimum Gasteiger partial charge on any atom is -0.359 e. The molecule has 2 heterocycles. The minimum atomic E-state index is -4.39. The molecule has 2 aromatic heterocycles. The summed E-state index contributed by atoms with van der Waals surface area (Å²) in [5.41, 5.74) is 0.383. The van der Waals surface area contributed by atoms with E-state index in [2.05, 4.69) is 20.0 Å². The topological polar surface area (TPSA) is 47.4 Å². The van der Waals surface area contributed by atoms with Gasteiger partial charge in [0, 0.05) is 11.8 Å². The molecule has 0 aliphatic carbocycles. The van der Waals surface area contributed by atoms with Crippen LogP contribution in [0.5, 0.6) is 0 Å². The summed E-state index contributed by atoms with van der Waals surface area (Å²) in [6.07, 6.45) is -1.54. The van der Waals surface area contributed by atoms with Crippen LogP contribution < -0.4 is 0 Å². The van der Waals surface area contributed by atoms with Crippen molar-refractivity contribution in [2.75, 3.05) is 0 Å². The normalized spacial score (nSPS) is 11.5. The van der Waals surface area contributed by atoms with Crippen LogP contribution in [0, 0.1) is 6.57 Å². The van der Waals surface area contributed by atoms with Gasteiger partial charge in [0.25, 0.3) is 5.82 Å². The van der Waals surface area contributed by atoms with Gasteiger partial charge in [-0.1, -0.05) is 6.57 Å². The van der Waals surface area contributed by atoms with Gasteiger partial charge in [0.2, 0.25) is 11.3 Å². The molecule has 0 N–H and O–H groups in total. The van der Waals surface area contributed by atoms with E-state index >= 15 is 0 Å². The van der Waals surface area contributed by atoms with E-state index in [1.165, 1.54) is 29.1 Å². The summed E-state index contributed by atoms with van der Waals surface area (Å²) in [7, 11) is 0. The Labute approximate surface area is 116 Å². The summed E-state index contributed by atoms with van der Waals surface area (Å²) in [6.45, 7) is 7.01. The van der Waals surface area contributed by atoms with Gasteiger partial charge in [-0.25, -0.2) is 0 Å². The van der Waals surface area contributed by atoms with Crippen LogP contribution in [-0.4, -0.2) is 19.6 Å². The molecule has 0 unspecified atom stereocenters. The molecule has 0 saturated heterocycles. The van der Waals surface area contributed by atoms with Crippen LogP contribution in [0.2, 0.25) is 0 Å². The molecule has 8 heteroatoms. The molecule has 0 fully saturated rings. The van der Waals surface area contributed by atoms with Crippen molar-refractivity contribution in [2.24, 2.45) is 0 Å². The van der Waals surface area contributed by atoms with Crippen molar-refractivity contribution >= 4 is 11.5 Å². The van der Waals surface area contributed by atoms with Gasteiger partial charge in [-0.05, 0) is 24.3 Å². The minimum absolute atomic E-state index is 0.109. The van der Waals surface area contributed by atoms with E-state index in [0.29, 0.717) is 16.9 Å². The molecule has 0 atom stereocenters. The van der Waals surface area contributed by atoms with Crippen LogP contribution in [0.15, 0.2) is 36.8 Å². The third kappa shape index (κ3) is 2.29. The average Bonchev–Trinajstić information content (AvgIpc) is 2.93. The Hall–Kier alpha value is -2.95. The van der Waals surface area contributed by atoms with E-state index in [-0.39, 0.29) is 5.82 Å². The highest BCUT2D eigenvalue weighted by molar-refractivity contribution is 5.75. The average molecular weight is 289 g/mol. The van der Waals surface area contributed by atoms with Crippen LogP contribution in [0.4, 0.5) is 19.0 Å². The fraction of sp³-hybridized carbons (Fsp3) is 0.0769. The summed E-state index contributed by atoms with van der Waals surface area (Å²) in [4.78, 5) is 7.32. The first kappa shape index (κ1) is 13.1. The van der Waals surface area contributed by atoms with Gasteiger partial charge in [-0.2, -0.15) is 13.2 Å². The Balaban J connectivity index is 2.16. The third-order valence-electron chi connectivity index (χ3n) is 2.87. The van der Waals surface area contributed by atoms with Gasteiger partial charge in [-0.3, -0.25) is 4.40 Å². The van der Waals surface area contributed by atoms with Gasteiger partial charge in [0.15, 0.2) is 0 Å². The second kappa shape index (κ2) is 4.56. The van der Waals surface area contributed by atoms with Crippen molar-refractivity contribution in [1.29, 1.82) is 0 Å². The molecule has 0 bridgehead atoms. The molecule has 0 radical (unpaired) electrons. The lowest BCUT2D eigenvalue weighted by atomic mass is 10.1. The summed E-state index contributed by atoms with van der Waals surface area (Å²) >= 11 is 0. The maximum Gasteiger partial charge on any atom is 0.416 e. The fourth-order valence-electron chi connectivity index (χ4n) is 1.89. The third-order valence-corrected chi connectivity index (χ3v) is 2.87. The van der Waals surface area contributed by atoms with E-state index in [1.807, 2.05) is 0 Å². The predicted octanol–water partition coefficient (Wildman–Crippen LogP) is 3.36. The standard InChI is InChI=1S/C13H6F3N5/c1-17-10-6-21-7-18-20-12(21)11(19-10)8-2-4-9(5-3-8)13(14,15)16/h2-7H. The lowest BCUT2D eigenvalue weighted by Crippen LogP contribution is -2.04. The van der Waals surface area contributed by atoms with Crippen molar-refractivity contribution in [3.63, 3.8) is 0 Å². The van der Waals surface area contributed by atoms with Crippen molar-refractivity contribution < 1.29 is 13.2 Å². The summed E-state index contributed by atoms with van der Waals surface area (Å²) in [6, 6.07) is 4.53. The van der Waals surface area contributed by atoms with Crippen LogP contribution in [0.3, 0.4) is 0 Å². The molecule has 5 nitrogen and oxygen atoms in total. The maximum atomic E-state index is 12.6. The largest absolute Gasteiger partial charge is 0.416 e. The van der Waals surface area contributed by atoms with Crippen LogP contribution in [-0.2, 0) is 6.18 Å². The van der Waals surface area contributed by atoms with Gasteiger partial charge in [0.05, 0.1) is 5.56 Å². The van der Waals surface area contributed by atoms with Gasteiger partial charge < -0.3 is 4.85 Å². The van der Waals surface area contributed by atoms with E-state index in [4.69, 9.17) is 6.57 Å². The van der Waals surface area contributed by atoms with Crippen molar-refractivity contribution in [1.82, 2.24) is 19.6 Å². The summed E-state index contributed by atoms with van der Waals surface area (Å²) in [5.74, 6) is 0.109. The first-order valence-corrected chi connectivity index (χ1v) is 5.74. The predicted molar refractivity (Wildman–Crippen MR) is 67.5 cm³/mol. The first-order valence-electron chi connectivity index (χ1n) is 5.74. The van der Waals surface area contributed by atoms with Crippen molar-refractivity contribution in [3.8, 4) is 11.3 Å². The zero-order valence-corrected chi connectivity index (χ0v) is 10.3. The van der Waals surface area contributed by atoms with Crippen LogP contribution >= 0.6 is 0 Å². The Morgan fingerprint density at radius 2 is 1.86 bits per heavy atom. The first-order chi connectivity index (χ1) is 9.99. The zero-order chi connectivity index (χ0) is 15.0. The van der Waals surface area contributed by atoms with Gasteiger partial charge in [-0.15, -0.1) is 15.2 Å². The second-order valence-electron chi connectivity index (χ2n) is 4.20. The molecular weight excluding hydrogens is 283 g/mol. The molecule has 21 heavy (non-hydrogen) atoms. The molecule has 0 saturated carbocycles. The van der Waals surface area contributed by atoms with E-state index in [1.54, 1.807) is 0 Å². The molecule has 3 aromatic rings. The number of fused-ring (bicyclic) bond motifs is 1. The molecule has 104 valence electrons. The zero-order valence-electron chi connectivity index (χ0n) is 10.3. The fourth-order valence-corrected chi connectivity index (χ4v) is 1.89. The molecule has 1 aromatic carbocycles. The number of hydrogen-bond acceptors (Lipinski definition) is 3. The summed E-state index contributed by atoms with van der Waals surface area (Å²) in [5, 5.41) is 7.58. The highest BCUT2D eigenvalue weighted by Gasteiger charge is 2.30. The smallest absolute Gasteiger partial charge is 0.359 e. The molecular formula is C13H6F3N5. The van der Waals surface area contributed by atoms with Crippen LogP contribution in [0.1, 0.15) is 5.56 Å². The highest BCUT2D eigenvalue weighted by atomic mass is 19.4. The Bertz CT molecular complexity index is 843. The van der Waals surface area contributed by atoms with Crippen molar-refractivity contribution in [3.05, 3.63) is 53.8 Å². The number of nitrogens with zero attached hydrogens (tertiary/aromatic N) is 5. The number of hydrogen-bond donors (Lipinski definition) is 0. The van der Waals surface area contributed by atoms with E-state index in [9.17, 15) is 13.2 Å². The van der Waals surface area contributed by atoms with E-state index < -0.39 is 11.7 Å². The molecule has 0 aliphatic rings. The number of benzene rings is 1. The highest BCUT2D eigenvalue weighted by Crippen LogP contribution is 2.31. The Morgan fingerprint density at radius 1 is 1.14 bits per heavy atom. The number of aromatic nitrogens is 4.